The zero-order valence-corrected chi connectivity index (χ0v) is 12.0. The highest BCUT2D eigenvalue weighted by molar-refractivity contribution is 5.78. The van der Waals surface area contributed by atoms with Crippen molar-refractivity contribution in [2.24, 2.45) is 0 Å². The van der Waals surface area contributed by atoms with Gasteiger partial charge < -0.3 is 9.15 Å². The van der Waals surface area contributed by atoms with Crippen LogP contribution in [0.25, 0.3) is 11.0 Å². The predicted molar refractivity (Wildman–Crippen MR) is 78.7 cm³/mol. The Bertz CT molecular complexity index is 926. The molecule has 2 aromatic carbocycles. The molecular formula is C17H11F3O3. The first-order valence-corrected chi connectivity index (χ1v) is 6.73. The molecule has 0 radical (unpaired) electrons. The number of para-hydroxylation sites is 1. The minimum Gasteiger partial charge on any atom is -0.457 e. The molecule has 0 fully saturated rings. The first-order valence-electron chi connectivity index (χ1n) is 6.73. The third-order valence-corrected chi connectivity index (χ3v) is 3.30. The molecule has 0 spiro atoms. The van der Waals surface area contributed by atoms with Crippen molar-refractivity contribution in [2.75, 3.05) is 0 Å². The number of alkyl halides is 3. The minimum absolute atomic E-state index is 0.0649. The maximum Gasteiger partial charge on any atom is 0.449 e. The van der Waals surface area contributed by atoms with Crippen molar-refractivity contribution in [3.8, 4) is 11.5 Å². The molecule has 118 valence electrons. The molecule has 6 heteroatoms. The second-order valence-electron chi connectivity index (χ2n) is 5.00. The molecule has 0 aliphatic heterocycles. The van der Waals surface area contributed by atoms with Gasteiger partial charge in [-0.1, -0.05) is 18.2 Å². The molecule has 0 aliphatic carbocycles. The van der Waals surface area contributed by atoms with E-state index in [4.69, 9.17) is 9.15 Å². The molecule has 0 aliphatic rings. The van der Waals surface area contributed by atoms with Gasteiger partial charge in [0.25, 0.3) is 0 Å². The van der Waals surface area contributed by atoms with Crippen LogP contribution in [0, 0.1) is 6.92 Å². The lowest BCUT2D eigenvalue weighted by Crippen LogP contribution is -2.10. The molecular weight excluding hydrogens is 309 g/mol. The molecule has 3 nitrogen and oxygen atoms in total. The first kappa shape index (κ1) is 15.1. The van der Waals surface area contributed by atoms with Crippen molar-refractivity contribution in [1.29, 1.82) is 0 Å². The van der Waals surface area contributed by atoms with Crippen LogP contribution in [-0.4, -0.2) is 0 Å². The number of aryl methyl sites for hydroxylation is 1. The van der Waals surface area contributed by atoms with E-state index in [1.54, 1.807) is 12.1 Å². The summed E-state index contributed by atoms with van der Waals surface area (Å²) in [7, 11) is 0. The van der Waals surface area contributed by atoms with Crippen molar-refractivity contribution in [3.05, 3.63) is 70.1 Å². The zero-order chi connectivity index (χ0) is 16.6. The third kappa shape index (κ3) is 3.06. The summed E-state index contributed by atoms with van der Waals surface area (Å²) in [5, 5.41) is 0.0649. The van der Waals surface area contributed by atoms with Crippen LogP contribution in [0.4, 0.5) is 13.2 Å². The molecule has 0 saturated carbocycles. The first-order chi connectivity index (χ1) is 10.8. The topological polar surface area (TPSA) is 39.4 Å². The van der Waals surface area contributed by atoms with Crippen LogP contribution in [0.2, 0.25) is 0 Å². The highest BCUT2D eigenvalue weighted by Gasteiger charge is 2.34. The van der Waals surface area contributed by atoms with Crippen LogP contribution in [-0.2, 0) is 6.18 Å². The molecule has 0 bridgehead atoms. The predicted octanol–water partition coefficient (Wildman–Crippen LogP) is 4.91. The van der Waals surface area contributed by atoms with Gasteiger partial charge in [0.15, 0.2) is 5.43 Å². The number of ether oxygens (including phenoxy) is 1. The second kappa shape index (κ2) is 5.46. The summed E-state index contributed by atoms with van der Waals surface area (Å²) in [6, 6.07) is 11.8. The van der Waals surface area contributed by atoms with Gasteiger partial charge in [-0.3, -0.25) is 4.79 Å². The average molecular weight is 320 g/mol. The van der Waals surface area contributed by atoms with E-state index >= 15 is 0 Å². The van der Waals surface area contributed by atoms with E-state index in [1.807, 2.05) is 19.1 Å². The molecule has 3 rings (SSSR count). The Morgan fingerprint density at radius 2 is 1.78 bits per heavy atom. The number of rotatable bonds is 2. The molecule has 0 unspecified atom stereocenters. The van der Waals surface area contributed by atoms with Crippen molar-refractivity contribution in [1.82, 2.24) is 0 Å². The minimum atomic E-state index is -4.72. The van der Waals surface area contributed by atoms with Crippen molar-refractivity contribution in [3.63, 3.8) is 0 Å². The van der Waals surface area contributed by atoms with E-state index in [-0.39, 0.29) is 16.7 Å². The van der Waals surface area contributed by atoms with Gasteiger partial charge in [-0.15, -0.1) is 0 Å². The maximum atomic E-state index is 12.7. The van der Waals surface area contributed by atoms with Gasteiger partial charge in [0.05, 0.1) is 5.39 Å². The third-order valence-electron chi connectivity index (χ3n) is 3.30. The Labute approximate surface area is 128 Å². The molecule has 0 atom stereocenters. The van der Waals surface area contributed by atoms with E-state index in [9.17, 15) is 18.0 Å². The Balaban J connectivity index is 2.07. The SMILES string of the molecule is Cc1ccccc1Oc1ccc2c(=O)cc(C(F)(F)F)oc2c1. The fourth-order valence-corrected chi connectivity index (χ4v) is 2.14. The van der Waals surface area contributed by atoms with Crippen LogP contribution in [0.5, 0.6) is 11.5 Å². The van der Waals surface area contributed by atoms with E-state index in [2.05, 4.69) is 0 Å². The molecule has 0 amide bonds. The Morgan fingerprint density at radius 3 is 2.48 bits per heavy atom. The Hall–Kier alpha value is -2.76. The molecule has 1 heterocycles. The normalized spacial score (nSPS) is 11.7. The van der Waals surface area contributed by atoms with Crippen LogP contribution >= 0.6 is 0 Å². The van der Waals surface area contributed by atoms with E-state index < -0.39 is 17.4 Å². The van der Waals surface area contributed by atoms with Crippen LogP contribution in [0.15, 0.2) is 57.7 Å². The van der Waals surface area contributed by atoms with Crippen molar-refractivity contribution >= 4 is 11.0 Å². The molecule has 1 aromatic heterocycles. The van der Waals surface area contributed by atoms with Crippen LogP contribution < -0.4 is 10.2 Å². The summed E-state index contributed by atoms with van der Waals surface area (Å²) in [6.45, 7) is 1.85. The monoisotopic (exact) mass is 320 g/mol. The van der Waals surface area contributed by atoms with Gasteiger partial charge >= 0.3 is 6.18 Å². The lowest BCUT2D eigenvalue weighted by Gasteiger charge is -2.10. The fourth-order valence-electron chi connectivity index (χ4n) is 2.14. The number of benzene rings is 2. The lowest BCUT2D eigenvalue weighted by molar-refractivity contribution is -0.152. The Morgan fingerprint density at radius 1 is 1.04 bits per heavy atom. The quantitative estimate of drug-likeness (QED) is 0.673. The maximum absolute atomic E-state index is 12.7. The van der Waals surface area contributed by atoms with E-state index in [1.165, 1.54) is 18.2 Å². The number of hydrogen-bond acceptors (Lipinski definition) is 3. The summed E-state index contributed by atoms with van der Waals surface area (Å²) >= 11 is 0. The van der Waals surface area contributed by atoms with Crippen LogP contribution in [0.1, 0.15) is 11.3 Å². The van der Waals surface area contributed by atoms with E-state index in [0.29, 0.717) is 11.8 Å². The second-order valence-corrected chi connectivity index (χ2v) is 5.00. The average Bonchev–Trinajstić information content (AvgIpc) is 2.48. The van der Waals surface area contributed by atoms with Gasteiger partial charge in [-0.25, -0.2) is 0 Å². The highest BCUT2D eigenvalue weighted by Crippen LogP contribution is 2.32. The molecule has 0 saturated heterocycles. The number of hydrogen-bond donors (Lipinski definition) is 0. The largest absolute Gasteiger partial charge is 0.457 e. The number of halogens is 3. The lowest BCUT2D eigenvalue weighted by atomic mass is 10.2. The summed E-state index contributed by atoms with van der Waals surface area (Å²) < 4.78 is 48.6. The number of fused-ring (bicyclic) bond motifs is 1. The van der Waals surface area contributed by atoms with Crippen molar-refractivity contribution in [2.45, 2.75) is 13.1 Å². The van der Waals surface area contributed by atoms with Gasteiger partial charge in [0.1, 0.15) is 17.1 Å². The smallest absolute Gasteiger partial charge is 0.449 e. The summed E-state index contributed by atoms with van der Waals surface area (Å²) in [5.74, 6) is -0.474. The molecule has 23 heavy (non-hydrogen) atoms. The zero-order valence-electron chi connectivity index (χ0n) is 12.0. The van der Waals surface area contributed by atoms with Gasteiger partial charge in [-0.2, -0.15) is 13.2 Å². The Kier molecular flexibility index (Phi) is 3.60. The van der Waals surface area contributed by atoms with Crippen molar-refractivity contribution < 1.29 is 22.3 Å². The fraction of sp³-hybridized carbons (Fsp3) is 0.118. The summed E-state index contributed by atoms with van der Waals surface area (Å²) in [6.07, 6.45) is -4.72. The summed E-state index contributed by atoms with van der Waals surface area (Å²) in [4.78, 5) is 11.8. The van der Waals surface area contributed by atoms with Crippen LogP contribution in [0.3, 0.4) is 0 Å². The summed E-state index contributed by atoms with van der Waals surface area (Å²) in [5.41, 5.74) is -0.0463. The van der Waals surface area contributed by atoms with E-state index in [0.717, 1.165) is 5.56 Å². The molecule has 3 aromatic rings. The molecule has 0 N–H and O–H groups in total. The highest BCUT2D eigenvalue weighted by atomic mass is 19.4. The van der Waals surface area contributed by atoms with Gasteiger partial charge in [0.2, 0.25) is 5.76 Å². The standard InChI is InChI=1S/C17H11F3O3/c1-10-4-2-3-5-14(10)22-11-6-7-12-13(21)9-16(17(18,19)20)23-15(12)8-11/h2-9H,1H3. The van der Waals surface area contributed by atoms with Gasteiger partial charge in [0, 0.05) is 12.1 Å². The van der Waals surface area contributed by atoms with Gasteiger partial charge in [-0.05, 0) is 30.7 Å².